The van der Waals surface area contributed by atoms with E-state index in [9.17, 15) is 0 Å². The van der Waals surface area contributed by atoms with Crippen LogP contribution in [0.5, 0.6) is 0 Å². The summed E-state index contributed by atoms with van der Waals surface area (Å²) in [4.78, 5) is 13.3. The van der Waals surface area contributed by atoms with E-state index < -0.39 is 0 Å². The third-order valence-corrected chi connectivity index (χ3v) is 6.31. The summed E-state index contributed by atoms with van der Waals surface area (Å²) in [5.74, 6) is 1.62. The van der Waals surface area contributed by atoms with Gasteiger partial charge in [0, 0.05) is 12.0 Å². The first-order valence-corrected chi connectivity index (χ1v) is 10.1. The number of anilines is 1. The number of thioether (sulfide) groups is 1. The van der Waals surface area contributed by atoms with Crippen molar-refractivity contribution in [2.75, 3.05) is 18.0 Å². The number of nitrogen functional groups attached to an aromatic ring is 1. The Bertz CT molecular complexity index is 860. The first kappa shape index (κ1) is 15.9. The summed E-state index contributed by atoms with van der Waals surface area (Å²) in [5, 5.41) is 1.91. The second-order valence-electron chi connectivity index (χ2n) is 6.10. The van der Waals surface area contributed by atoms with Crippen LogP contribution in [0.1, 0.15) is 22.9 Å². The van der Waals surface area contributed by atoms with Crippen molar-refractivity contribution >= 4 is 39.1 Å². The van der Waals surface area contributed by atoms with Gasteiger partial charge in [-0.15, -0.1) is 11.3 Å². The summed E-state index contributed by atoms with van der Waals surface area (Å²) in [6.07, 6.45) is 1.06. The highest BCUT2D eigenvalue weighted by Gasteiger charge is 2.26. The van der Waals surface area contributed by atoms with Crippen LogP contribution in [-0.2, 0) is 19.5 Å². The van der Waals surface area contributed by atoms with Gasteiger partial charge in [-0.3, -0.25) is 0 Å². The van der Waals surface area contributed by atoms with Gasteiger partial charge >= 0.3 is 0 Å². The van der Waals surface area contributed by atoms with E-state index >= 15 is 0 Å². The summed E-state index contributed by atoms with van der Waals surface area (Å²) >= 11 is 3.45. The Hall–Kier alpha value is -1.63. The first-order chi connectivity index (χ1) is 11.7. The lowest BCUT2D eigenvalue weighted by Gasteiger charge is -2.24. The smallest absolute Gasteiger partial charge is 0.190 e. The standard InChI is InChI=1S/C18H20N4S2/c1-2-23-18-20-16(19)15-13-8-9-22(10-12-6-4-3-5-7-12)11-14(13)24-17(15)21-18/h3-7H,2,8-11H2,1H3,(H2,19,20,21)/p+1. The molecule has 0 fully saturated rings. The van der Waals surface area contributed by atoms with Crippen LogP contribution < -0.4 is 10.6 Å². The Morgan fingerprint density at radius 2 is 2.08 bits per heavy atom. The van der Waals surface area contributed by atoms with Crippen LogP contribution >= 0.6 is 23.1 Å². The Labute approximate surface area is 150 Å². The zero-order valence-corrected chi connectivity index (χ0v) is 15.3. The van der Waals surface area contributed by atoms with E-state index in [1.807, 2.05) is 0 Å². The average molecular weight is 358 g/mol. The van der Waals surface area contributed by atoms with E-state index in [0.717, 1.165) is 47.2 Å². The van der Waals surface area contributed by atoms with Crippen molar-refractivity contribution in [3.8, 4) is 0 Å². The molecular formula is C18H21N4S2+. The molecule has 1 unspecified atom stereocenters. The van der Waals surface area contributed by atoms with Crippen LogP contribution in [0.15, 0.2) is 35.5 Å². The van der Waals surface area contributed by atoms with Crippen molar-refractivity contribution in [3.05, 3.63) is 46.3 Å². The molecule has 0 saturated heterocycles. The third-order valence-electron chi connectivity index (χ3n) is 4.45. The van der Waals surface area contributed by atoms with Crippen molar-refractivity contribution in [2.45, 2.75) is 31.6 Å². The number of rotatable bonds is 4. The van der Waals surface area contributed by atoms with E-state index in [1.54, 1.807) is 28.0 Å². The summed E-state index contributed by atoms with van der Waals surface area (Å²) < 4.78 is 0. The number of hydrogen-bond donors (Lipinski definition) is 2. The lowest BCUT2D eigenvalue weighted by atomic mass is 10.0. The van der Waals surface area contributed by atoms with Crippen LogP contribution in [0.25, 0.3) is 10.2 Å². The van der Waals surface area contributed by atoms with Gasteiger partial charge in [0.1, 0.15) is 23.7 Å². The Balaban J connectivity index is 1.63. The molecule has 124 valence electrons. The molecule has 0 radical (unpaired) electrons. The van der Waals surface area contributed by atoms with Gasteiger partial charge in [0.15, 0.2) is 5.16 Å². The van der Waals surface area contributed by atoms with Gasteiger partial charge in [0.2, 0.25) is 0 Å². The quantitative estimate of drug-likeness (QED) is 0.556. The SMILES string of the molecule is CCSc1nc(N)c2c3c(sc2n1)C[NH+](Cc1ccccc1)CC3. The molecule has 1 aromatic carbocycles. The number of quaternary nitrogens is 1. The third kappa shape index (κ3) is 3.01. The van der Waals surface area contributed by atoms with Crippen LogP contribution in [0.3, 0.4) is 0 Å². The van der Waals surface area contributed by atoms with E-state index in [4.69, 9.17) is 10.7 Å². The second kappa shape index (κ2) is 6.70. The van der Waals surface area contributed by atoms with Crippen molar-refractivity contribution < 1.29 is 4.90 Å². The van der Waals surface area contributed by atoms with Crippen molar-refractivity contribution in [2.24, 2.45) is 0 Å². The Morgan fingerprint density at radius 3 is 2.88 bits per heavy atom. The topological polar surface area (TPSA) is 56.2 Å². The molecule has 0 bridgehead atoms. The van der Waals surface area contributed by atoms with Crippen molar-refractivity contribution in [3.63, 3.8) is 0 Å². The average Bonchev–Trinajstić information content (AvgIpc) is 2.94. The number of aromatic nitrogens is 2. The molecule has 6 heteroatoms. The van der Waals surface area contributed by atoms with Crippen molar-refractivity contribution in [1.29, 1.82) is 0 Å². The number of fused-ring (bicyclic) bond motifs is 3. The molecular weight excluding hydrogens is 336 g/mol. The molecule has 1 aliphatic heterocycles. The fourth-order valence-electron chi connectivity index (χ4n) is 3.37. The largest absolute Gasteiger partial charge is 0.383 e. The van der Waals surface area contributed by atoms with Gasteiger partial charge in [-0.2, -0.15) is 0 Å². The molecule has 4 nitrogen and oxygen atoms in total. The highest BCUT2D eigenvalue weighted by molar-refractivity contribution is 7.99. The van der Waals surface area contributed by atoms with E-state index in [1.165, 1.54) is 16.0 Å². The molecule has 3 N–H and O–H groups in total. The highest BCUT2D eigenvalue weighted by Crippen LogP contribution is 2.35. The maximum atomic E-state index is 6.25. The molecule has 1 atom stereocenters. The predicted molar refractivity (Wildman–Crippen MR) is 102 cm³/mol. The maximum absolute atomic E-state index is 6.25. The van der Waals surface area contributed by atoms with Crippen LogP contribution in [0.2, 0.25) is 0 Å². The highest BCUT2D eigenvalue weighted by atomic mass is 32.2. The normalized spacial score (nSPS) is 17.1. The van der Waals surface area contributed by atoms with Gasteiger partial charge < -0.3 is 10.6 Å². The second-order valence-corrected chi connectivity index (χ2v) is 8.41. The molecule has 1 aliphatic rings. The predicted octanol–water partition coefficient (Wildman–Crippen LogP) is 2.53. The number of nitrogens with zero attached hydrogens (tertiary/aromatic N) is 2. The molecule has 0 amide bonds. The number of thiophene rings is 1. The van der Waals surface area contributed by atoms with Crippen LogP contribution in [0.4, 0.5) is 5.82 Å². The van der Waals surface area contributed by atoms with Gasteiger partial charge in [-0.25, -0.2) is 9.97 Å². The molecule has 0 aliphatic carbocycles. The number of nitrogens with one attached hydrogen (secondary N) is 1. The molecule has 3 heterocycles. The number of nitrogens with two attached hydrogens (primary N) is 1. The maximum Gasteiger partial charge on any atom is 0.190 e. The molecule has 2 aromatic heterocycles. The molecule has 4 rings (SSSR count). The Kier molecular flexibility index (Phi) is 4.43. The molecule has 0 spiro atoms. The van der Waals surface area contributed by atoms with Crippen LogP contribution in [0, 0.1) is 0 Å². The van der Waals surface area contributed by atoms with Gasteiger partial charge in [-0.1, -0.05) is 49.0 Å². The number of hydrogen-bond acceptors (Lipinski definition) is 5. The summed E-state index contributed by atoms with van der Waals surface area (Å²) in [5.41, 5.74) is 9.04. The zero-order chi connectivity index (χ0) is 16.5. The minimum absolute atomic E-state index is 0.653. The lowest BCUT2D eigenvalue weighted by molar-refractivity contribution is -0.929. The monoisotopic (exact) mass is 357 g/mol. The molecule has 24 heavy (non-hydrogen) atoms. The fraction of sp³-hybridized carbons (Fsp3) is 0.333. The minimum Gasteiger partial charge on any atom is -0.383 e. The van der Waals surface area contributed by atoms with Gasteiger partial charge in [-0.05, 0) is 11.3 Å². The fourth-order valence-corrected chi connectivity index (χ4v) is 5.30. The molecule has 0 saturated carbocycles. The minimum atomic E-state index is 0.653. The summed E-state index contributed by atoms with van der Waals surface area (Å²) in [6, 6.07) is 10.7. The Morgan fingerprint density at radius 1 is 1.25 bits per heavy atom. The summed E-state index contributed by atoms with van der Waals surface area (Å²) in [6.45, 7) is 5.38. The van der Waals surface area contributed by atoms with Crippen molar-refractivity contribution in [1.82, 2.24) is 9.97 Å². The summed E-state index contributed by atoms with van der Waals surface area (Å²) in [7, 11) is 0. The van der Waals surface area contributed by atoms with E-state index in [-0.39, 0.29) is 0 Å². The van der Waals surface area contributed by atoms with E-state index in [0.29, 0.717) is 5.82 Å². The molecule has 3 aromatic rings. The lowest BCUT2D eigenvalue weighted by Crippen LogP contribution is -3.10. The number of benzene rings is 1. The first-order valence-electron chi connectivity index (χ1n) is 8.32. The van der Waals surface area contributed by atoms with Crippen LogP contribution in [-0.4, -0.2) is 22.3 Å². The van der Waals surface area contributed by atoms with E-state index in [2.05, 4.69) is 42.2 Å². The zero-order valence-electron chi connectivity index (χ0n) is 13.7. The van der Waals surface area contributed by atoms with Gasteiger partial charge in [0.25, 0.3) is 0 Å². The van der Waals surface area contributed by atoms with Gasteiger partial charge in [0.05, 0.1) is 16.8 Å².